The summed E-state index contributed by atoms with van der Waals surface area (Å²) in [5, 5.41) is 2.78. The smallest absolute Gasteiger partial charge is 0.260 e. The second kappa shape index (κ2) is 5.55. The summed E-state index contributed by atoms with van der Waals surface area (Å²) < 4.78 is 20.4. The molecule has 1 aliphatic heterocycles. The minimum Gasteiger partial charge on any atom is -0.496 e. The van der Waals surface area contributed by atoms with E-state index in [1.807, 2.05) is 4.57 Å². The van der Waals surface area contributed by atoms with Crippen LogP contribution in [0.25, 0.3) is 0 Å². The van der Waals surface area contributed by atoms with Crippen molar-refractivity contribution in [2.45, 2.75) is 25.8 Å². The third-order valence-corrected chi connectivity index (χ3v) is 3.62. The molecule has 2 heterocycles. The first-order valence-corrected chi connectivity index (χ1v) is 6.88. The van der Waals surface area contributed by atoms with E-state index in [2.05, 4.69) is 10.3 Å². The Labute approximate surface area is 121 Å². The Morgan fingerprint density at radius 3 is 3.10 bits per heavy atom. The van der Waals surface area contributed by atoms with E-state index in [-0.39, 0.29) is 5.56 Å². The van der Waals surface area contributed by atoms with Crippen LogP contribution in [-0.4, -0.2) is 22.6 Å². The molecule has 0 fully saturated rings. The lowest BCUT2D eigenvalue weighted by atomic mass is 10.1. The van der Waals surface area contributed by atoms with Gasteiger partial charge in [0.2, 0.25) is 0 Å². The van der Waals surface area contributed by atoms with E-state index in [1.165, 1.54) is 25.3 Å². The molecule has 0 aliphatic carbocycles. The molecular weight excluding hydrogens is 273 g/mol. The number of ether oxygens (including phenoxy) is 1. The Morgan fingerprint density at radius 1 is 1.43 bits per heavy atom. The molecule has 21 heavy (non-hydrogen) atoms. The van der Waals surface area contributed by atoms with Gasteiger partial charge in [-0.2, -0.15) is 0 Å². The summed E-state index contributed by atoms with van der Waals surface area (Å²) in [7, 11) is 1.45. The van der Waals surface area contributed by atoms with Gasteiger partial charge >= 0.3 is 0 Å². The highest BCUT2D eigenvalue weighted by atomic mass is 19.1. The van der Waals surface area contributed by atoms with Gasteiger partial charge in [-0.25, -0.2) is 9.37 Å². The topological polar surface area (TPSA) is 56.1 Å². The number of hydrogen-bond acceptors (Lipinski definition) is 3. The largest absolute Gasteiger partial charge is 0.496 e. The molecule has 110 valence electrons. The van der Waals surface area contributed by atoms with Gasteiger partial charge < -0.3 is 14.6 Å². The molecule has 0 atom stereocenters. The molecular formula is C15H16FN3O2. The molecule has 1 aliphatic rings. The molecule has 0 saturated heterocycles. The number of halogens is 1. The summed E-state index contributed by atoms with van der Waals surface area (Å²) >= 11 is 0. The summed E-state index contributed by atoms with van der Waals surface area (Å²) in [6.45, 7) is 0.839. The van der Waals surface area contributed by atoms with Gasteiger partial charge in [0.05, 0.1) is 18.9 Å². The van der Waals surface area contributed by atoms with Crippen molar-refractivity contribution in [3.8, 4) is 5.75 Å². The van der Waals surface area contributed by atoms with E-state index in [9.17, 15) is 9.18 Å². The first kappa shape index (κ1) is 13.6. The van der Waals surface area contributed by atoms with Gasteiger partial charge in [0.1, 0.15) is 23.2 Å². The molecule has 0 saturated carbocycles. The van der Waals surface area contributed by atoms with E-state index in [4.69, 9.17) is 4.74 Å². The van der Waals surface area contributed by atoms with E-state index in [1.54, 1.807) is 6.20 Å². The van der Waals surface area contributed by atoms with Crippen LogP contribution >= 0.6 is 0 Å². The third-order valence-electron chi connectivity index (χ3n) is 3.62. The summed E-state index contributed by atoms with van der Waals surface area (Å²) in [4.78, 5) is 16.6. The highest BCUT2D eigenvalue weighted by Crippen LogP contribution is 2.23. The van der Waals surface area contributed by atoms with Crippen LogP contribution in [-0.2, 0) is 13.0 Å². The lowest BCUT2D eigenvalue weighted by molar-refractivity contribution is 0.102. The maximum Gasteiger partial charge on any atom is 0.260 e. The maximum absolute atomic E-state index is 13.3. The molecule has 3 rings (SSSR count). The molecule has 0 spiro atoms. The number of anilines is 1. The van der Waals surface area contributed by atoms with Crippen molar-refractivity contribution >= 4 is 11.7 Å². The van der Waals surface area contributed by atoms with Gasteiger partial charge in [-0.1, -0.05) is 0 Å². The predicted molar refractivity (Wildman–Crippen MR) is 76.1 cm³/mol. The Hall–Kier alpha value is -2.37. The van der Waals surface area contributed by atoms with E-state index in [0.29, 0.717) is 11.6 Å². The Balaban J connectivity index is 1.87. The Morgan fingerprint density at radius 2 is 2.29 bits per heavy atom. The van der Waals surface area contributed by atoms with Crippen LogP contribution in [0, 0.1) is 5.82 Å². The van der Waals surface area contributed by atoms with Crippen molar-refractivity contribution in [2.75, 3.05) is 12.4 Å². The highest BCUT2D eigenvalue weighted by Gasteiger charge is 2.18. The number of nitrogens with one attached hydrogen (secondary N) is 1. The fourth-order valence-electron chi connectivity index (χ4n) is 2.56. The number of aryl methyl sites for hydroxylation is 1. The van der Waals surface area contributed by atoms with Crippen LogP contribution < -0.4 is 10.1 Å². The number of carbonyl (C=O) groups is 1. The van der Waals surface area contributed by atoms with Crippen LogP contribution in [0.15, 0.2) is 24.4 Å². The average Bonchev–Trinajstić information content (AvgIpc) is 2.90. The molecule has 6 heteroatoms. The summed E-state index contributed by atoms with van der Waals surface area (Å²) in [6, 6.07) is 3.87. The zero-order valence-corrected chi connectivity index (χ0v) is 11.7. The van der Waals surface area contributed by atoms with Crippen LogP contribution in [0.5, 0.6) is 5.75 Å². The average molecular weight is 289 g/mol. The van der Waals surface area contributed by atoms with Gasteiger partial charge in [-0.05, 0) is 31.0 Å². The molecule has 2 aromatic rings. The van der Waals surface area contributed by atoms with E-state index in [0.717, 1.165) is 31.6 Å². The Kier molecular flexibility index (Phi) is 3.60. The fraction of sp³-hybridized carbons (Fsp3) is 0.333. The number of nitrogens with zero attached hydrogens (tertiary/aromatic N) is 2. The molecule has 1 N–H and O–H groups in total. The minimum atomic E-state index is -0.476. The normalized spacial score (nSPS) is 13.6. The number of carbonyl (C=O) groups excluding carboxylic acids is 1. The molecule has 0 bridgehead atoms. The molecule has 1 aromatic carbocycles. The molecule has 5 nitrogen and oxygen atoms in total. The maximum atomic E-state index is 13.3. The molecule has 1 amide bonds. The zero-order valence-electron chi connectivity index (χ0n) is 11.7. The molecule has 0 radical (unpaired) electrons. The molecule has 0 unspecified atom stereocenters. The molecule has 1 aromatic heterocycles. The first-order valence-electron chi connectivity index (χ1n) is 6.88. The number of benzene rings is 1. The number of fused-ring (bicyclic) bond motifs is 1. The van der Waals surface area contributed by atoms with Gasteiger partial charge in [0.15, 0.2) is 0 Å². The fourth-order valence-corrected chi connectivity index (χ4v) is 2.56. The SMILES string of the molecule is COc1ccc(F)cc1C(=O)Nc1cnc2n1CCCC2. The second-order valence-electron chi connectivity index (χ2n) is 4.97. The number of hydrogen-bond donors (Lipinski definition) is 1. The van der Waals surface area contributed by atoms with Crippen molar-refractivity contribution in [2.24, 2.45) is 0 Å². The number of rotatable bonds is 3. The number of aromatic nitrogens is 2. The minimum absolute atomic E-state index is 0.170. The van der Waals surface area contributed by atoms with Crippen LogP contribution in [0.3, 0.4) is 0 Å². The standard InChI is InChI=1S/C15H16FN3O2/c1-21-12-6-5-10(16)8-11(12)15(20)18-14-9-17-13-4-2-3-7-19(13)14/h5-6,8-9H,2-4,7H2,1H3,(H,18,20). The highest BCUT2D eigenvalue weighted by molar-refractivity contribution is 6.05. The number of methoxy groups -OCH3 is 1. The summed E-state index contributed by atoms with van der Waals surface area (Å²) in [6.07, 6.45) is 4.74. The second-order valence-corrected chi connectivity index (χ2v) is 4.97. The summed E-state index contributed by atoms with van der Waals surface area (Å²) in [5.74, 6) is 1.08. The monoisotopic (exact) mass is 289 g/mol. The quantitative estimate of drug-likeness (QED) is 0.945. The van der Waals surface area contributed by atoms with E-state index >= 15 is 0 Å². The number of amides is 1. The van der Waals surface area contributed by atoms with Crippen molar-refractivity contribution in [3.63, 3.8) is 0 Å². The van der Waals surface area contributed by atoms with Crippen LogP contribution in [0.1, 0.15) is 29.0 Å². The lowest BCUT2D eigenvalue weighted by Crippen LogP contribution is -2.19. The van der Waals surface area contributed by atoms with Crippen molar-refractivity contribution in [3.05, 3.63) is 41.6 Å². The van der Waals surface area contributed by atoms with Crippen LogP contribution in [0.4, 0.5) is 10.2 Å². The van der Waals surface area contributed by atoms with Gasteiger partial charge in [0.25, 0.3) is 5.91 Å². The predicted octanol–water partition coefficient (Wildman–Crippen LogP) is 2.62. The zero-order chi connectivity index (χ0) is 14.8. The van der Waals surface area contributed by atoms with Gasteiger partial charge in [-0.3, -0.25) is 4.79 Å². The van der Waals surface area contributed by atoms with Crippen LogP contribution in [0.2, 0.25) is 0 Å². The number of imidazole rings is 1. The van der Waals surface area contributed by atoms with Crippen molar-refractivity contribution in [1.82, 2.24) is 9.55 Å². The van der Waals surface area contributed by atoms with Gasteiger partial charge in [-0.15, -0.1) is 0 Å². The first-order chi connectivity index (χ1) is 10.2. The third kappa shape index (κ3) is 2.61. The Bertz CT molecular complexity index is 682. The van der Waals surface area contributed by atoms with Gasteiger partial charge in [0, 0.05) is 13.0 Å². The van der Waals surface area contributed by atoms with Crippen molar-refractivity contribution in [1.29, 1.82) is 0 Å². The lowest BCUT2D eigenvalue weighted by Gasteiger charge is -2.17. The summed E-state index contributed by atoms with van der Waals surface area (Å²) in [5.41, 5.74) is 0.170. The van der Waals surface area contributed by atoms with Crippen molar-refractivity contribution < 1.29 is 13.9 Å². The van der Waals surface area contributed by atoms with E-state index < -0.39 is 11.7 Å².